The Kier molecular flexibility index (Phi) is 4.95. The van der Waals surface area contributed by atoms with Crippen molar-refractivity contribution in [1.29, 1.82) is 0 Å². The molecule has 5 rings (SSSR count). The van der Waals surface area contributed by atoms with Crippen molar-refractivity contribution in [2.24, 2.45) is 7.05 Å². The molecular weight excluding hydrogens is 396 g/mol. The number of rotatable bonds is 3. The Labute approximate surface area is 178 Å². The number of morpholine rings is 1. The van der Waals surface area contributed by atoms with Crippen LogP contribution in [-0.4, -0.2) is 45.1 Å². The first-order chi connectivity index (χ1) is 15.1. The Hall–Kier alpha value is -3.59. The van der Waals surface area contributed by atoms with E-state index in [-0.39, 0.29) is 17.6 Å². The summed E-state index contributed by atoms with van der Waals surface area (Å²) in [6, 6.07) is 9.25. The summed E-state index contributed by atoms with van der Waals surface area (Å²) in [6.07, 6.45) is 4.14. The summed E-state index contributed by atoms with van der Waals surface area (Å²) in [7, 11) is 1.72. The fourth-order valence-corrected chi connectivity index (χ4v) is 4.02. The van der Waals surface area contributed by atoms with E-state index in [1.165, 1.54) is 12.4 Å². The standard InChI is InChI=1S/C22H22N6O3/c1-27-21(30)11-18(17-6-7-23-13-24-17)26-22(27)28-8-9-31-19(12-28)15-2-4-16-14(10-15)3-5-20(29)25-16/h2,4,6-7,10-11,13,19H,3,5,8-9,12H2,1H3,(H,25,29). The Bertz CT molecular complexity index is 1190. The van der Waals surface area contributed by atoms with Crippen LogP contribution in [0.4, 0.5) is 11.6 Å². The molecule has 0 radical (unpaired) electrons. The first kappa shape index (κ1) is 19.4. The van der Waals surface area contributed by atoms with Gasteiger partial charge in [-0.15, -0.1) is 0 Å². The van der Waals surface area contributed by atoms with E-state index < -0.39 is 0 Å². The maximum Gasteiger partial charge on any atom is 0.255 e. The highest BCUT2D eigenvalue weighted by molar-refractivity contribution is 5.93. The molecule has 1 amide bonds. The predicted molar refractivity (Wildman–Crippen MR) is 115 cm³/mol. The monoisotopic (exact) mass is 418 g/mol. The van der Waals surface area contributed by atoms with Crippen molar-refractivity contribution in [2.75, 3.05) is 29.9 Å². The molecule has 9 nitrogen and oxygen atoms in total. The summed E-state index contributed by atoms with van der Waals surface area (Å²) < 4.78 is 7.60. The van der Waals surface area contributed by atoms with Crippen LogP contribution in [0.25, 0.3) is 11.4 Å². The average molecular weight is 418 g/mol. The number of aryl methyl sites for hydroxylation is 1. The smallest absolute Gasteiger partial charge is 0.255 e. The minimum Gasteiger partial charge on any atom is -0.370 e. The molecule has 1 atom stereocenters. The third-order valence-electron chi connectivity index (χ3n) is 5.70. The highest BCUT2D eigenvalue weighted by Gasteiger charge is 2.26. The maximum atomic E-state index is 12.6. The number of hydrogen-bond donors (Lipinski definition) is 1. The molecule has 1 aromatic carbocycles. The number of nitrogens with one attached hydrogen (secondary N) is 1. The second-order valence-electron chi connectivity index (χ2n) is 7.70. The van der Waals surface area contributed by atoms with Crippen LogP contribution >= 0.6 is 0 Å². The molecule has 1 N–H and O–H groups in total. The molecule has 1 fully saturated rings. The second kappa shape index (κ2) is 7.92. The van der Waals surface area contributed by atoms with E-state index in [4.69, 9.17) is 9.72 Å². The number of ether oxygens (including phenoxy) is 1. The zero-order valence-electron chi connectivity index (χ0n) is 17.1. The number of anilines is 2. The predicted octanol–water partition coefficient (Wildman–Crippen LogP) is 1.70. The third-order valence-corrected chi connectivity index (χ3v) is 5.70. The van der Waals surface area contributed by atoms with Crippen LogP contribution in [0.1, 0.15) is 23.7 Å². The summed E-state index contributed by atoms with van der Waals surface area (Å²) in [5, 5.41) is 2.91. The van der Waals surface area contributed by atoms with Gasteiger partial charge >= 0.3 is 0 Å². The van der Waals surface area contributed by atoms with Gasteiger partial charge in [-0.1, -0.05) is 12.1 Å². The van der Waals surface area contributed by atoms with Crippen molar-refractivity contribution >= 4 is 17.5 Å². The van der Waals surface area contributed by atoms with Gasteiger partial charge in [0.25, 0.3) is 5.56 Å². The van der Waals surface area contributed by atoms with E-state index in [1.807, 2.05) is 12.1 Å². The van der Waals surface area contributed by atoms with Gasteiger partial charge in [0.05, 0.1) is 24.5 Å². The van der Waals surface area contributed by atoms with Gasteiger partial charge in [0.2, 0.25) is 11.9 Å². The first-order valence-corrected chi connectivity index (χ1v) is 10.2. The summed E-state index contributed by atoms with van der Waals surface area (Å²) in [6.45, 7) is 1.72. The van der Waals surface area contributed by atoms with E-state index >= 15 is 0 Å². The Morgan fingerprint density at radius 2 is 2.03 bits per heavy atom. The van der Waals surface area contributed by atoms with Crippen LogP contribution in [0, 0.1) is 0 Å². The molecule has 9 heteroatoms. The van der Waals surface area contributed by atoms with Crippen LogP contribution in [0.3, 0.4) is 0 Å². The van der Waals surface area contributed by atoms with Crippen molar-refractivity contribution in [1.82, 2.24) is 19.5 Å². The zero-order valence-corrected chi connectivity index (χ0v) is 17.1. The molecule has 2 aliphatic heterocycles. The van der Waals surface area contributed by atoms with E-state index in [0.717, 1.165) is 23.2 Å². The number of carbonyl (C=O) groups is 1. The summed E-state index contributed by atoms with van der Waals surface area (Å²) in [5.74, 6) is 0.635. The largest absolute Gasteiger partial charge is 0.370 e. The Morgan fingerprint density at radius 3 is 2.87 bits per heavy atom. The molecule has 0 bridgehead atoms. The highest BCUT2D eigenvalue weighted by Crippen LogP contribution is 2.30. The van der Waals surface area contributed by atoms with Crippen molar-refractivity contribution in [3.8, 4) is 11.4 Å². The average Bonchev–Trinajstić information content (AvgIpc) is 2.81. The molecule has 2 aliphatic rings. The number of benzene rings is 1. The van der Waals surface area contributed by atoms with Gasteiger partial charge in [-0.25, -0.2) is 15.0 Å². The van der Waals surface area contributed by atoms with Gasteiger partial charge in [0.1, 0.15) is 12.4 Å². The van der Waals surface area contributed by atoms with Crippen LogP contribution in [0.15, 0.2) is 47.7 Å². The van der Waals surface area contributed by atoms with Gasteiger partial charge in [0.15, 0.2) is 0 Å². The highest BCUT2D eigenvalue weighted by atomic mass is 16.5. The fourth-order valence-electron chi connectivity index (χ4n) is 4.02. The number of fused-ring (bicyclic) bond motifs is 1. The van der Waals surface area contributed by atoms with Crippen LogP contribution in [-0.2, 0) is 23.0 Å². The minimum absolute atomic E-state index is 0.0518. The van der Waals surface area contributed by atoms with Crippen molar-refractivity contribution in [3.63, 3.8) is 0 Å². The molecule has 4 heterocycles. The van der Waals surface area contributed by atoms with Crippen LogP contribution in [0.2, 0.25) is 0 Å². The van der Waals surface area contributed by atoms with Gasteiger partial charge < -0.3 is 15.0 Å². The van der Waals surface area contributed by atoms with E-state index in [9.17, 15) is 9.59 Å². The van der Waals surface area contributed by atoms with Gasteiger partial charge in [-0.3, -0.25) is 14.2 Å². The van der Waals surface area contributed by atoms with E-state index in [1.54, 1.807) is 23.9 Å². The van der Waals surface area contributed by atoms with Crippen LogP contribution in [0.5, 0.6) is 0 Å². The van der Waals surface area contributed by atoms with Gasteiger partial charge in [-0.05, 0) is 29.7 Å². The topological polar surface area (TPSA) is 102 Å². The molecule has 1 saturated heterocycles. The van der Waals surface area contributed by atoms with Crippen LogP contribution < -0.4 is 15.8 Å². The molecule has 158 valence electrons. The molecule has 0 aliphatic carbocycles. The lowest BCUT2D eigenvalue weighted by atomic mass is 9.97. The molecule has 2 aromatic heterocycles. The third kappa shape index (κ3) is 3.79. The Morgan fingerprint density at radius 1 is 1.13 bits per heavy atom. The quantitative estimate of drug-likeness (QED) is 0.691. The van der Waals surface area contributed by atoms with Crippen molar-refractivity contribution in [2.45, 2.75) is 18.9 Å². The maximum absolute atomic E-state index is 12.6. The number of hydrogen-bond acceptors (Lipinski definition) is 7. The molecule has 1 unspecified atom stereocenters. The lowest BCUT2D eigenvalue weighted by Gasteiger charge is -2.35. The van der Waals surface area contributed by atoms with E-state index in [2.05, 4.69) is 26.3 Å². The molecule has 0 spiro atoms. The van der Waals surface area contributed by atoms with Crippen molar-refractivity contribution < 1.29 is 9.53 Å². The van der Waals surface area contributed by atoms with E-state index in [0.29, 0.717) is 43.5 Å². The number of nitrogens with zero attached hydrogens (tertiary/aromatic N) is 5. The zero-order chi connectivity index (χ0) is 21.4. The SMILES string of the molecule is Cn1c(N2CCOC(c3ccc4c(c3)CCC(=O)N4)C2)nc(-c2ccncn2)cc1=O. The lowest BCUT2D eigenvalue weighted by molar-refractivity contribution is -0.116. The number of carbonyl (C=O) groups excluding carboxylic acids is 1. The fraction of sp³-hybridized carbons (Fsp3) is 0.318. The van der Waals surface area contributed by atoms with Gasteiger partial charge in [0, 0.05) is 38.0 Å². The number of aromatic nitrogens is 4. The molecule has 0 saturated carbocycles. The van der Waals surface area contributed by atoms with Crippen molar-refractivity contribution in [3.05, 3.63) is 64.3 Å². The number of amides is 1. The minimum atomic E-state index is -0.156. The normalized spacial score (nSPS) is 18.4. The molecule has 3 aromatic rings. The molecule has 31 heavy (non-hydrogen) atoms. The van der Waals surface area contributed by atoms with Gasteiger partial charge in [-0.2, -0.15) is 0 Å². The first-order valence-electron chi connectivity index (χ1n) is 10.2. The summed E-state index contributed by atoms with van der Waals surface area (Å²) in [4.78, 5) is 39.2. The molecular formula is C22H22N6O3. The summed E-state index contributed by atoms with van der Waals surface area (Å²) in [5.41, 5.74) is 4.02. The second-order valence-corrected chi connectivity index (χ2v) is 7.70. The Balaban J connectivity index is 1.44. The lowest BCUT2D eigenvalue weighted by Crippen LogP contribution is -2.41. The summed E-state index contributed by atoms with van der Waals surface area (Å²) >= 11 is 0.